The zero-order valence-electron chi connectivity index (χ0n) is 19.5. The summed E-state index contributed by atoms with van der Waals surface area (Å²) in [5.74, 6) is 0.0175. The van der Waals surface area contributed by atoms with Gasteiger partial charge in [-0.15, -0.1) is 15.7 Å². The molecule has 12 heteroatoms. The van der Waals surface area contributed by atoms with Crippen molar-refractivity contribution in [2.45, 2.75) is 25.5 Å². The molecule has 4 aromatic rings. The summed E-state index contributed by atoms with van der Waals surface area (Å²) in [6, 6.07) is 20.5. The Kier molecular flexibility index (Phi) is 8.54. The van der Waals surface area contributed by atoms with E-state index in [2.05, 4.69) is 19.5 Å². The van der Waals surface area contributed by atoms with Crippen molar-refractivity contribution in [3.8, 4) is 5.75 Å². The molecular weight excluding hydrogens is 531 g/mol. The second-order valence-corrected chi connectivity index (χ2v) is 9.57. The van der Waals surface area contributed by atoms with Crippen molar-refractivity contribution in [1.82, 2.24) is 0 Å². The van der Waals surface area contributed by atoms with Crippen LogP contribution in [-0.4, -0.2) is 23.8 Å². The molecule has 0 amide bonds. The summed E-state index contributed by atoms with van der Waals surface area (Å²) in [5, 5.41) is 9.38. The molecule has 1 atom stereocenters. The average Bonchev–Trinajstić information content (AvgIpc) is 3.24. The van der Waals surface area contributed by atoms with Crippen molar-refractivity contribution >= 4 is 55.2 Å². The highest BCUT2D eigenvalue weighted by molar-refractivity contribution is 7.95. The summed E-state index contributed by atoms with van der Waals surface area (Å²) in [5.41, 5.74) is -2.73. The molecule has 0 aliphatic carbocycles. The lowest BCUT2D eigenvalue weighted by atomic mass is 10.1. The average molecular weight is 552 g/mol. The predicted molar refractivity (Wildman–Crippen MR) is 135 cm³/mol. The minimum absolute atomic E-state index is 0.242. The number of thiophene rings is 1. The molecule has 0 saturated carbocycles. The second-order valence-electron chi connectivity index (χ2n) is 7.72. The van der Waals surface area contributed by atoms with Gasteiger partial charge in [0.15, 0.2) is 6.61 Å². The lowest BCUT2D eigenvalue weighted by Crippen LogP contribution is -2.16. The van der Waals surface area contributed by atoms with Crippen LogP contribution in [-0.2, 0) is 23.9 Å². The highest BCUT2D eigenvalue weighted by atomic mass is 32.2. The van der Waals surface area contributed by atoms with Crippen molar-refractivity contribution in [1.29, 1.82) is 0 Å². The number of fused-ring (bicyclic) bond motifs is 3. The van der Waals surface area contributed by atoms with Crippen LogP contribution in [0.25, 0.3) is 20.2 Å². The van der Waals surface area contributed by atoms with Gasteiger partial charge in [-0.05, 0) is 60.5 Å². The maximum Gasteiger partial charge on any atom is 0.471 e. The Morgan fingerprint density at radius 2 is 1.73 bits per heavy atom. The van der Waals surface area contributed by atoms with Crippen LogP contribution < -0.4 is 4.74 Å². The third kappa shape index (κ3) is 7.35. The van der Waals surface area contributed by atoms with Crippen LogP contribution in [0.2, 0.25) is 0 Å². The van der Waals surface area contributed by atoms with E-state index in [-0.39, 0.29) is 6.61 Å². The van der Waals surface area contributed by atoms with Gasteiger partial charge in [0, 0.05) is 25.2 Å². The summed E-state index contributed by atoms with van der Waals surface area (Å²) in [4.78, 5) is 16.6. The molecule has 7 nitrogen and oxygen atoms in total. The molecule has 0 N–H and O–H groups in total. The lowest BCUT2D eigenvalue weighted by Gasteiger charge is -2.14. The van der Waals surface area contributed by atoms with E-state index in [0.29, 0.717) is 17.0 Å². The fourth-order valence-electron chi connectivity index (χ4n) is 3.43. The van der Waals surface area contributed by atoms with Crippen molar-refractivity contribution in [3.05, 3.63) is 77.9 Å². The van der Waals surface area contributed by atoms with Crippen LogP contribution in [0.1, 0.15) is 31.1 Å². The number of alkyl halides is 3. The first-order chi connectivity index (χ1) is 17.7. The van der Waals surface area contributed by atoms with Gasteiger partial charge in [-0.2, -0.15) is 18.2 Å². The number of halogens is 3. The molecule has 0 saturated heterocycles. The standard InChI is InChI=1S/C25H20F3NO6S2/c1-15(29-33-34-35-37-25(26,27)28)18-8-10-22-20(12-18)21-13-19(9-11-23(21)36-22)31-14-24(30)32-16(2)17-6-4-3-5-7-17/h3-13,16H,14H2,1-2H3/b29-15+. The number of hydrogen-bond donors (Lipinski definition) is 0. The molecule has 0 bridgehead atoms. The quantitative estimate of drug-likeness (QED) is 0.0504. The smallest absolute Gasteiger partial charge is 0.471 e. The Bertz CT molecular complexity index is 1410. The van der Waals surface area contributed by atoms with Crippen molar-refractivity contribution in [2.24, 2.45) is 5.16 Å². The Hall–Kier alpha value is -3.32. The van der Waals surface area contributed by atoms with Crippen LogP contribution in [0.5, 0.6) is 5.75 Å². The minimum Gasteiger partial charge on any atom is -0.482 e. The molecule has 0 fully saturated rings. The molecular formula is C25H20F3NO6S2. The number of ether oxygens (including phenoxy) is 2. The summed E-state index contributed by atoms with van der Waals surface area (Å²) in [6.07, 6.45) is -0.395. The third-order valence-corrected chi connectivity index (χ3v) is 6.62. The van der Waals surface area contributed by atoms with Gasteiger partial charge in [0.25, 0.3) is 0 Å². The van der Waals surface area contributed by atoms with Gasteiger partial charge in [-0.3, -0.25) is 0 Å². The molecule has 1 unspecified atom stereocenters. The second kappa shape index (κ2) is 11.8. The summed E-state index contributed by atoms with van der Waals surface area (Å²) in [7, 11) is 0. The molecule has 0 spiro atoms. The highest BCUT2D eigenvalue weighted by Crippen LogP contribution is 2.36. The lowest BCUT2D eigenvalue weighted by molar-refractivity contribution is -0.463. The predicted octanol–water partition coefficient (Wildman–Crippen LogP) is 7.51. The summed E-state index contributed by atoms with van der Waals surface area (Å²) < 4.78 is 53.0. The number of nitrogens with zero attached hydrogens (tertiary/aromatic N) is 1. The Labute approximate surface area is 217 Å². The zero-order valence-corrected chi connectivity index (χ0v) is 21.1. The van der Waals surface area contributed by atoms with Crippen LogP contribution in [0.4, 0.5) is 13.2 Å². The Morgan fingerprint density at radius 1 is 1.03 bits per heavy atom. The maximum atomic E-state index is 12.3. The molecule has 1 aromatic heterocycles. The van der Waals surface area contributed by atoms with Gasteiger partial charge in [-0.1, -0.05) is 36.4 Å². The third-order valence-electron chi connectivity index (χ3n) is 5.15. The van der Waals surface area contributed by atoms with Gasteiger partial charge in [0.1, 0.15) is 23.9 Å². The molecule has 194 valence electrons. The number of hydrogen-bond acceptors (Lipinski definition) is 9. The molecule has 37 heavy (non-hydrogen) atoms. The topological polar surface area (TPSA) is 75.6 Å². The largest absolute Gasteiger partial charge is 0.482 e. The zero-order chi connectivity index (χ0) is 26.4. The van der Waals surface area contributed by atoms with Crippen molar-refractivity contribution in [2.75, 3.05) is 6.61 Å². The fraction of sp³-hybridized carbons (Fsp3) is 0.200. The van der Waals surface area contributed by atoms with Crippen molar-refractivity contribution < 1.29 is 41.8 Å². The minimum atomic E-state index is -4.63. The maximum absolute atomic E-state index is 12.3. The van der Waals surface area contributed by atoms with E-state index >= 15 is 0 Å². The molecule has 3 aromatic carbocycles. The van der Waals surface area contributed by atoms with Crippen LogP contribution >= 0.6 is 23.4 Å². The molecule has 1 heterocycles. The van der Waals surface area contributed by atoms with Crippen LogP contribution in [0.3, 0.4) is 0 Å². The summed E-state index contributed by atoms with van der Waals surface area (Å²) in [6.45, 7) is 3.16. The SMILES string of the molecule is C/C(=N\OOOSC(F)(F)F)c1ccc2sc3ccc(OCC(=O)OC(C)c4ccccc4)cc3c2c1. The highest BCUT2D eigenvalue weighted by Gasteiger charge is 2.31. The first-order valence-electron chi connectivity index (χ1n) is 10.8. The Morgan fingerprint density at radius 3 is 2.46 bits per heavy atom. The first-order valence-corrected chi connectivity index (χ1v) is 12.4. The Balaban J connectivity index is 1.42. The van der Waals surface area contributed by atoms with E-state index in [4.69, 9.17) is 9.47 Å². The number of benzene rings is 3. The number of rotatable bonds is 10. The number of oxime groups is 1. The van der Waals surface area contributed by atoms with Gasteiger partial charge < -0.3 is 9.47 Å². The van der Waals surface area contributed by atoms with Gasteiger partial charge in [0.05, 0.1) is 5.71 Å². The van der Waals surface area contributed by atoms with E-state index in [1.165, 1.54) is 0 Å². The monoisotopic (exact) mass is 551 g/mol. The van der Waals surface area contributed by atoms with E-state index in [1.54, 1.807) is 37.3 Å². The molecule has 0 aliphatic rings. The van der Waals surface area contributed by atoms with Gasteiger partial charge in [0.2, 0.25) is 0 Å². The van der Waals surface area contributed by atoms with Gasteiger partial charge >= 0.3 is 11.5 Å². The van der Waals surface area contributed by atoms with Crippen LogP contribution in [0.15, 0.2) is 71.9 Å². The van der Waals surface area contributed by atoms with E-state index in [9.17, 15) is 18.0 Å². The molecule has 0 radical (unpaired) electrons. The van der Waals surface area contributed by atoms with Gasteiger partial charge in [-0.25, -0.2) is 4.79 Å². The number of carbonyl (C=O) groups is 1. The number of esters is 1. The molecule has 4 rings (SSSR count). The first kappa shape index (κ1) is 26.7. The summed E-state index contributed by atoms with van der Waals surface area (Å²) >= 11 is 0.714. The molecule has 0 aliphatic heterocycles. The fourth-order valence-corrected chi connectivity index (χ4v) is 4.62. The van der Waals surface area contributed by atoms with Crippen molar-refractivity contribution in [3.63, 3.8) is 0 Å². The van der Waals surface area contributed by atoms with Crippen LogP contribution in [0, 0.1) is 0 Å². The van der Waals surface area contributed by atoms with E-state index < -0.39 is 29.6 Å². The normalized spacial score (nSPS) is 13.1. The van der Waals surface area contributed by atoms with E-state index in [0.717, 1.165) is 25.7 Å². The van der Waals surface area contributed by atoms with E-state index in [1.807, 2.05) is 54.6 Å². The number of carbonyl (C=O) groups excluding carboxylic acids is 1.